The predicted octanol–water partition coefficient (Wildman–Crippen LogP) is 3.09. The molecule has 1 rings (SSSR count). The summed E-state index contributed by atoms with van der Waals surface area (Å²) in [6, 6.07) is 7.37. The van der Waals surface area contributed by atoms with E-state index in [9.17, 15) is 8.42 Å². The molecule has 0 aliphatic rings. The van der Waals surface area contributed by atoms with E-state index in [-0.39, 0.29) is 0 Å². The van der Waals surface area contributed by atoms with Crippen LogP contribution in [-0.4, -0.2) is 26.4 Å². The van der Waals surface area contributed by atoms with Gasteiger partial charge in [0.05, 0.1) is 0 Å². The Kier molecular flexibility index (Phi) is 8.45. The SMILES string of the molecule is CCCCCCCN(CC)Cc1ccc(NS(N)(=O)=O)cc1. The van der Waals surface area contributed by atoms with E-state index >= 15 is 0 Å². The van der Waals surface area contributed by atoms with Crippen molar-refractivity contribution < 1.29 is 8.42 Å². The van der Waals surface area contributed by atoms with E-state index in [0.717, 1.165) is 19.6 Å². The van der Waals surface area contributed by atoms with Gasteiger partial charge in [-0.05, 0) is 37.2 Å². The van der Waals surface area contributed by atoms with Gasteiger partial charge in [0, 0.05) is 12.2 Å². The highest BCUT2D eigenvalue weighted by Gasteiger charge is 2.05. The molecular weight excluding hydrogens is 298 g/mol. The maximum absolute atomic E-state index is 11.0. The van der Waals surface area contributed by atoms with Crippen LogP contribution in [-0.2, 0) is 16.8 Å². The van der Waals surface area contributed by atoms with Gasteiger partial charge in [-0.2, -0.15) is 8.42 Å². The second kappa shape index (κ2) is 9.82. The number of nitrogens with one attached hydrogen (secondary N) is 1. The maximum Gasteiger partial charge on any atom is 0.296 e. The van der Waals surface area contributed by atoms with Crippen molar-refractivity contribution in [3.8, 4) is 0 Å². The summed E-state index contributed by atoms with van der Waals surface area (Å²) in [6.07, 6.45) is 6.45. The van der Waals surface area contributed by atoms with Gasteiger partial charge in [0.1, 0.15) is 0 Å². The highest BCUT2D eigenvalue weighted by molar-refractivity contribution is 7.90. The zero-order valence-electron chi connectivity index (χ0n) is 13.7. The molecule has 0 aliphatic heterocycles. The maximum atomic E-state index is 11.0. The molecular formula is C16H29N3O2S. The van der Waals surface area contributed by atoms with Crippen molar-refractivity contribution in [1.29, 1.82) is 0 Å². The second-order valence-electron chi connectivity index (χ2n) is 5.63. The zero-order chi connectivity index (χ0) is 16.4. The van der Waals surface area contributed by atoms with Gasteiger partial charge in [0.2, 0.25) is 0 Å². The van der Waals surface area contributed by atoms with Gasteiger partial charge in [0.25, 0.3) is 10.2 Å². The number of rotatable bonds is 11. The highest BCUT2D eigenvalue weighted by Crippen LogP contribution is 2.13. The molecule has 1 aromatic rings. The summed E-state index contributed by atoms with van der Waals surface area (Å²) < 4.78 is 24.2. The molecule has 0 fully saturated rings. The molecule has 0 spiro atoms. The Bertz CT molecular complexity index is 515. The Balaban J connectivity index is 2.43. The molecule has 5 nitrogen and oxygen atoms in total. The summed E-state index contributed by atoms with van der Waals surface area (Å²) >= 11 is 0. The largest absolute Gasteiger partial charge is 0.299 e. The molecule has 1 aromatic carbocycles. The van der Waals surface area contributed by atoms with Gasteiger partial charge in [-0.25, -0.2) is 5.14 Å². The molecule has 0 unspecified atom stereocenters. The standard InChI is InChI=1S/C16H29N3O2S/c1-3-5-6-7-8-13-19(4-2)14-15-9-11-16(12-10-15)18-22(17,20)21/h9-12,18H,3-8,13-14H2,1-2H3,(H2,17,20,21). The van der Waals surface area contributed by atoms with Gasteiger partial charge in [-0.15, -0.1) is 0 Å². The number of nitrogens with zero attached hydrogens (tertiary/aromatic N) is 1. The lowest BCUT2D eigenvalue weighted by molar-refractivity contribution is 0.272. The molecule has 0 saturated carbocycles. The first-order valence-corrected chi connectivity index (χ1v) is 9.61. The van der Waals surface area contributed by atoms with E-state index in [1.807, 2.05) is 12.1 Å². The molecule has 0 amide bonds. The lowest BCUT2D eigenvalue weighted by Crippen LogP contribution is -2.24. The van der Waals surface area contributed by atoms with Crippen LogP contribution in [0.25, 0.3) is 0 Å². The lowest BCUT2D eigenvalue weighted by Gasteiger charge is -2.20. The Morgan fingerprint density at radius 3 is 2.23 bits per heavy atom. The van der Waals surface area contributed by atoms with E-state index in [0.29, 0.717) is 5.69 Å². The van der Waals surface area contributed by atoms with E-state index in [1.165, 1.54) is 37.7 Å². The molecule has 3 N–H and O–H groups in total. The molecule has 0 radical (unpaired) electrons. The van der Waals surface area contributed by atoms with Crippen LogP contribution in [0, 0.1) is 0 Å². The molecule has 6 heteroatoms. The predicted molar refractivity (Wildman–Crippen MR) is 92.9 cm³/mol. The Hall–Kier alpha value is -1.11. The van der Waals surface area contributed by atoms with E-state index in [1.54, 1.807) is 12.1 Å². The normalized spacial score (nSPS) is 11.8. The first-order valence-electron chi connectivity index (χ1n) is 8.06. The molecule has 0 aliphatic carbocycles. The molecule has 126 valence electrons. The van der Waals surface area contributed by atoms with Gasteiger partial charge in [0.15, 0.2) is 0 Å². The van der Waals surface area contributed by atoms with E-state index in [4.69, 9.17) is 5.14 Å². The van der Waals surface area contributed by atoms with Crippen LogP contribution in [0.4, 0.5) is 5.69 Å². The number of hydrogen-bond acceptors (Lipinski definition) is 3. The van der Waals surface area contributed by atoms with Crippen LogP contribution in [0.1, 0.15) is 51.5 Å². The number of benzene rings is 1. The molecule has 22 heavy (non-hydrogen) atoms. The summed E-state index contributed by atoms with van der Waals surface area (Å²) in [7, 11) is -3.70. The molecule has 0 bridgehead atoms. The minimum atomic E-state index is -3.70. The van der Waals surface area contributed by atoms with Crippen molar-refractivity contribution >= 4 is 15.9 Å². The first kappa shape index (κ1) is 18.9. The summed E-state index contributed by atoms with van der Waals surface area (Å²) in [5.74, 6) is 0. The molecule has 0 heterocycles. The Labute approximate surface area is 135 Å². The molecule has 0 aromatic heterocycles. The van der Waals surface area contributed by atoms with Crippen LogP contribution >= 0.6 is 0 Å². The van der Waals surface area contributed by atoms with Crippen molar-refractivity contribution in [3.63, 3.8) is 0 Å². The average molecular weight is 327 g/mol. The van der Waals surface area contributed by atoms with Gasteiger partial charge in [-0.1, -0.05) is 51.7 Å². The summed E-state index contributed by atoms with van der Waals surface area (Å²) in [4.78, 5) is 2.41. The van der Waals surface area contributed by atoms with Gasteiger partial charge >= 0.3 is 0 Å². The van der Waals surface area contributed by atoms with E-state index in [2.05, 4.69) is 23.5 Å². The van der Waals surface area contributed by atoms with Crippen LogP contribution in [0.3, 0.4) is 0 Å². The van der Waals surface area contributed by atoms with E-state index < -0.39 is 10.2 Å². The number of unbranched alkanes of at least 4 members (excludes halogenated alkanes) is 4. The van der Waals surface area contributed by atoms with Crippen LogP contribution < -0.4 is 9.86 Å². The van der Waals surface area contributed by atoms with Crippen LogP contribution in [0.5, 0.6) is 0 Å². The zero-order valence-corrected chi connectivity index (χ0v) is 14.5. The molecule has 0 atom stereocenters. The first-order chi connectivity index (χ1) is 10.4. The van der Waals surface area contributed by atoms with Crippen molar-refractivity contribution in [2.45, 2.75) is 52.5 Å². The summed E-state index contributed by atoms with van der Waals surface area (Å²) in [5, 5.41) is 4.95. The quantitative estimate of drug-likeness (QED) is 0.613. The highest BCUT2D eigenvalue weighted by atomic mass is 32.2. The summed E-state index contributed by atoms with van der Waals surface area (Å²) in [6.45, 7) is 7.41. The fourth-order valence-electron chi connectivity index (χ4n) is 2.39. The van der Waals surface area contributed by atoms with Crippen molar-refractivity contribution in [3.05, 3.63) is 29.8 Å². The number of hydrogen-bond donors (Lipinski definition) is 2. The topological polar surface area (TPSA) is 75.4 Å². The van der Waals surface area contributed by atoms with Crippen LogP contribution in [0.2, 0.25) is 0 Å². The lowest BCUT2D eigenvalue weighted by atomic mass is 10.1. The van der Waals surface area contributed by atoms with Crippen molar-refractivity contribution in [2.75, 3.05) is 17.8 Å². The van der Waals surface area contributed by atoms with Gasteiger partial charge < -0.3 is 0 Å². The molecule has 0 saturated heterocycles. The third-order valence-corrected chi connectivity index (χ3v) is 4.17. The summed E-state index contributed by atoms with van der Waals surface area (Å²) in [5.41, 5.74) is 1.67. The van der Waals surface area contributed by atoms with Crippen molar-refractivity contribution in [1.82, 2.24) is 4.90 Å². The third kappa shape index (κ3) is 8.36. The fourth-order valence-corrected chi connectivity index (χ4v) is 2.85. The van der Waals surface area contributed by atoms with Gasteiger partial charge in [-0.3, -0.25) is 9.62 Å². The number of anilines is 1. The fraction of sp³-hybridized carbons (Fsp3) is 0.625. The number of nitrogens with two attached hydrogens (primary N) is 1. The smallest absolute Gasteiger partial charge is 0.296 e. The average Bonchev–Trinajstić information content (AvgIpc) is 2.46. The minimum absolute atomic E-state index is 0.494. The minimum Gasteiger partial charge on any atom is -0.299 e. The van der Waals surface area contributed by atoms with Crippen LogP contribution in [0.15, 0.2) is 24.3 Å². The van der Waals surface area contributed by atoms with Crippen molar-refractivity contribution in [2.24, 2.45) is 5.14 Å². The second-order valence-corrected chi connectivity index (χ2v) is 6.92. The monoisotopic (exact) mass is 327 g/mol. The third-order valence-electron chi connectivity index (χ3n) is 3.65. The Morgan fingerprint density at radius 2 is 1.68 bits per heavy atom. The Morgan fingerprint density at radius 1 is 1.05 bits per heavy atom.